The van der Waals surface area contributed by atoms with Gasteiger partial charge in [0.15, 0.2) is 40.5 Å². The SMILES string of the molecule is CC1(C)c2ccccc2-c2c1ccc1c2Oc2cccc(-c3nc(-c4ccccc4)nc(-c4cccc5ccccc45)n3)c2O1. The maximum atomic E-state index is 6.72. The fourth-order valence-corrected chi connectivity index (χ4v) is 6.78. The zero-order valence-electron chi connectivity index (χ0n) is 24.8. The van der Waals surface area contributed by atoms with E-state index in [-0.39, 0.29) is 5.41 Å². The molecule has 0 saturated carbocycles. The molecule has 0 atom stereocenters. The van der Waals surface area contributed by atoms with Gasteiger partial charge >= 0.3 is 0 Å². The minimum absolute atomic E-state index is 0.136. The Hall–Kier alpha value is -5.81. The van der Waals surface area contributed by atoms with E-state index in [1.165, 1.54) is 16.7 Å². The van der Waals surface area contributed by atoms with Crippen LogP contribution in [0.4, 0.5) is 0 Å². The third kappa shape index (κ3) is 3.90. The zero-order valence-corrected chi connectivity index (χ0v) is 24.8. The van der Waals surface area contributed by atoms with Gasteiger partial charge in [0.25, 0.3) is 0 Å². The van der Waals surface area contributed by atoms with Crippen LogP contribution in [0.15, 0.2) is 127 Å². The lowest BCUT2D eigenvalue weighted by Gasteiger charge is -2.26. The molecule has 1 aromatic heterocycles. The van der Waals surface area contributed by atoms with Crippen molar-refractivity contribution in [1.82, 2.24) is 15.0 Å². The van der Waals surface area contributed by atoms with Crippen molar-refractivity contribution < 1.29 is 9.47 Å². The van der Waals surface area contributed by atoms with Gasteiger partial charge in [-0.05, 0) is 45.7 Å². The molecule has 9 rings (SSSR count). The molecule has 2 heterocycles. The highest BCUT2D eigenvalue weighted by atomic mass is 16.6. The van der Waals surface area contributed by atoms with E-state index in [0.717, 1.165) is 38.8 Å². The summed E-state index contributed by atoms with van der Waals surface area (Å²) >= 11 is 0. The van der Waals surface area contributed by atoms with E-state index in [4.69, 9.17) is 24.4 Å². The van der Waals surface area contributed by atoms with Crippen molar-refractivity contribution in [2.24, 2.45) is 0 Å². The Morgan fingerprint density at radius 2 is 1.09 bits per heavy atom. The Kier molecular flexibility index (Phi) is 5.47. The van der Waals surface area contributed by atoms with E-state index in [0.29, 0.717) is 34.7 Å². The van der Waals surface area contributed by atoms with Gasteiger partial charge in [-0.2, -0.15) is 0 Å². The lowest BCUT2D eigenvalue weighted by Crippen LogP contribution is -2.15. The Morgan fingerprint density at radius 1 is 0.467 bits per heavy atom. The molecule has 0 N–H and O–H groups in total. The molecule has 214 valence electrons. The second-order valence-corrected chi connectivity index (χ2v) is 12.0. The number of para-hydroxylation sites is 1. The van der Waals surface area contributed by atoms with Gasteiger partial charge in [-0.1, -0.05) is 123 Å². The molecule has 0 saturated heterocycles. The maximum Gasteiger partial charge on any atom is 0.181 e. The molecule has 5 heteroatoms. The first-order chi connectivity index (χ1) is 22.1. The summed E-state index contributed by atoms with van der Waals surface area (Å²) in [6, 6.07) is 43.1. The Morgan fingerprint density at radius 3 is 1.98 bits per heavy atom. The molecular weight excluding hydrogens is 554 g/mol. The minimum atomic E-state index is -0.136. The number of ether oxygens (including phenoxy) is 2. The zero-order chi connectivity index (χ0) is 30.1. The fraction of sp³-hybridized carbons (Fsp3) is 0.0750. The summed E-state index contributed by atoms with van der Waals surface area (Å²) in [4.78, 5) is 15.0. The standard InChI is InChI=1S/C40H27N3O2/c1-40(2)30-20-9-8-17-28(30)34-31(40)22-23-33-36(34)45-32-21-11-19-29(35(32)44-33)39-42-37(25-13-4-3-5-14-25)41-38(43-39)27-18-10-15-24-12-6-7-16-26(24)27/h3-23H,1-2H3. The van der Waals surface area contributed by atoms with E-state index in [2.05, 4.69) is 68.4 Å². The van der Waals surface area contributed by atoms with Crippen LogP contribution in [0.3, 0.4) is 0 Å². The van der Waals surface area contributed by atoms with Crippen LogP contribution in [-0.2, 0) is 5.41 Å². The van der Waals surface area contributed by atoms with E-state index in [1.54, 1.807) is 0 Å². The summed E-state index contributed by atoms with van der Waals surface area (Å²) in [5.74, 6) is 4.34. The van der Waals surface area contributed by atoms with Crippen molar-refractivity contribution in [3.05, 3.63) is 139 Å². The van der Waals surface area contributed by atoms with E-state index in [1.807, 2.05) is 72.8 Å². The molecule has 0 radical (unpaired) electrons. The Balaban J connectivity index is 1.22. The van der Waals surface area contributed by atoms with Crippen LogP contribution < -0.4 is 9.47 Å². The van der Waals surface area contributed by atoms with Crippen LogP contribution >= 0.6 is 0 Å². The van der Waals surface area contributed by atoms with Crippen molar-refractivity contribution in [3.8, 4) is 68.3 Å². The van der Waals surface area contributed by atoms with Crippen LogP contribution in [0.1, 0.15) is 25.0 Å². The molecule has 0 spiro atoms. The van der Waals surface area contributed by atoms with Gasteiger partial charge in [0, 0.05) is 22.1 Å². The van der Waals surface area contributed by atoms with Gasteiger partial charge in [-0.3, -0.25) is 0 Å². The number of aromatic nitrogens is 3. The van der Waals surface area contributed by atoms with Crippen molar-refractivity contribution in [2.45, 2.75) is 19.3 Å². The lowest BCUT2D eigenvalue weighted by atomic mass is 9.82. The summed E-state index contributed by atoms with van der Waals surface area (Å²) in [6.07, 6.45) is 0. The predicted molar refractivity (Wildman–Crippen MR) is 178 cm³/mol. The molecule has 0 unspecified atom stereocenters. The van der Waals surface area contributed by atoms with Gasteiger partial charge in [-0.15, -0.1) is 0 Å². The van der Waals surface area contributed by atoms with E-state index in [9.17, 15) is 0 Å². The van der Waals surface area contributed by atoms with Gasteiger partial charge in [0.2, 0.25) is 0 Å². The quantitative estimate of drug-likeness (QED) is 0.208. The average molecular weight is 582 g/mol. The summed E-state index contributed by atoms with van der Waals surface area (Å²) in [6.45, 7) is 4.52. The third-order valence-electron chi connectivity index (χ3n) is 9.01. The number of rotatable bonds is 3. The first-order valence-corrected chi connectivity index (χ1v) is 15.1. The van der Waals surface area contributed by atoms with Gasteiger partial charge in [0.1, 0.15) is 0 Å². The monoisotopic (exact) mass is 581 g/mol. The van der Waals surface area contributed by atoms with Crippen molar-refractivity contribution >= 4 is 10.8 Å². The first kappa shape index (κ1) is 25.7. The second kappa shape index (κ2) is 9.60. The number of benzene rings is 6. The number of nitrogens with zero attached hydrogens (tertiary/aromatic N) is 3. The molecule has 7 aromatic rings. The molecule has 1 aliphatic heterocycles. The maximum absolute atomic E-state index is 6.72. The number of fused-ring (bicyclic) bond motifs is 7. The fourth-order valence-electron chi connectivity index (χ4n) is 6.78. The van der Waals surface area contributed by atoms with Crippen molar-refractivity contribution in [3.63, 3.8) is 0 Å². The Labute approximate surface area is 260 Å². The van der Waals surface area contributed by atoms with Gasteiger partial charge < -0.3 is 9.47 Å². The molecule has 5 nitrogen and oxygen atoms in total. The Bertz CT molecular complexity index is 2310. The van der Waals surface area contributed by atoms with Crippen molar-refractivity contribution in [2.75, 3.05) is 0 Å². The van der Waals surface area contributed by atoms with Crippen LogP contribution in [0.25, 0.3) is 56.1 Å². The predicted octanol–water partition coefficient (Wildman–Crippen LogP) is 10.2. The van der Waals surface area contributed by atoms with E-state index < -0.39 is 0 Å². The van der Waals surface area contributed by atoms with Gasteiger partial charge in [0.05, 0.1) is 5.56 Å². The number of hydrogen-bond acceptors (Lipinski definition) is 5. The number of hydrogen-bond donors (Lipinski definition) is 0. The normalized spacial score (nSPS) is 13.6. The molecule has 1 aliphatic carbocycles. The summed E-state index contributed by atoms with van der Waals surface area (Å²) in [7, 11) is 0. The molecule has 2 aliphatic rings. The molecule has 0 amide bonds. The largest absolute Gasteiger partial charge is 0.449 e. The first-order valence-electron chi connectivity index (χ1n) is 15.1. The molecule has 0 fully saturated rings. The minimum Gasteiger partial charge on any atom is -0.449 e. The van der Waals surface area contributed by atoms with Crippen LogP contribution in [-0.4, -0.2) is 15.0 Å². The second-order valence-electron chi connectivity index (χ2n) is 12.0. The highest BCUT2D eigenvalue weighted by molar-refractivity contribution is 5.95. The molecule has 45 heavy (non-hydrogen) atoms. The highest BCUT2D eigenvalue weighted by Gasteiger charge is 2.39. The molecule has 0 bridgehead atoms. The van der Waals surface area contributed by atoms with Crippen LogP contribution in [0.5, 0.6) is 23.0 Å². The summed E-state index contributed by atoms with van der Waals surface area (Å²) < 4.78 is 13.4. The van der Waals surface area contributed by atoms with Crippen LogP contribution in [0.2, 0.25) is 0 Å². The third-order valence-corrected chi connectivity index (χ3v) is 9.01. The summed E-state index contributed by atoms with van der Waals surface area (Å²) in [5.41, 5.74) is 7.25. The average Bonchev–Trinajstić information content (AvgIpc) is 3.33. The summed E-state index contributed by atoms with van der Waals surface area (Å²) in [5, 5.41) is 2.21. The smallest absolute Gasteiger partial charge is 0.181 e. The molecule has 6 aromatic carbocycles. The van der Waals surface area contributed by atoms with Crippen LogP contribution in [0, 0.1) is 0 Å². The van der Waals surface area contributed by atoms with E-state index >= 15 is 0 Å². The topological polar surface area (TPSA) is 57.1 Å². The molecular formula is C40H27N3O2. The lowest BCUT2D eigenvalue weighted by molar-refractivity contribution is 0.361. The highest BCUT2D eigenvalue weighted by Crippen LogP contribution is 2.59. The van der Waals surface area contributed by atoms with Crippen molar-refractivity contribution in [1.29, 1.82) is 0 Å². The van der Waals surface area contributed by atoms with Gasteiger partial charge in [-0.25, -0.2) is 15.0 Å².